The van der Waals surface area contributed by atoms with Crippen LogP contribution in [0.5, 0.6) is 0 Å². The molecule has 0 saturated heterocycles. The maximum atomic E-state index is 13.3. The molecule has 40 heavy (non-hydrogen) atoms. The van der Waals surface area contributed by atoms with Gasteiger partial charge in [0.1, 0.15) is 10.7 Å². The number of aromatic nitrogens is 1. The molecule has 2 aromatic rings. The summed E-state index contributed by atoms with van der Waals surface area (Å²) in [6.45, 7) is 7.13. The Hall–Kier alpha value is -3.27. The summed E-state index contributed by atoms with van der Waals surface area (Å²) in [4.78, 5) is 54.3. The number of hydrogen-bond acceptors (Lipinski definition) is 8. The van der Waals surface area contributed by atoms with E-state index >= 15 is 0 Å². The Morgan fingerprint density at radius 3 is 2.35 bits per heavy atom. The number of hydrogen-bond donors (Lipinski definition) is 2. The first kappa shape index (κ1) is 31.3. The molecule has 1 saturated carbocycles. The Balaban J connectivity index is 1.72. The summed E-state index contributed by atoms with van der Waals surface area (Å²) < 4.78 is 10.5. The van der Waals surface area contributed by atoms with Crippen LogP contribution in [-0.4, -0.2) is 47.9 Å². The number of esters is 2. The van der Waals surface area contributed by atoms with E-state index in [1.165, 1.54) is 25.4 Å². The maximum absolute atomic E-state index is 13.3. The molecule has 9 nitrogen and oxygen atoms in total. The van der Waals surface area contributed by atoms with E-state index in [-0.39, 0.29) is 41.5 Å². The molecule has 4 atom stereocenters. The second kappa shape index (κ2) is 14.9. The maximum Gasteiger partial charge on any atom is 0.308 e. The number of ether oxygens (including phenoxy) is 2. The minimum absolute atomic E-state index is 0.00706. The zero-order valence-corrected chi connectivity index (χ0v) is 24.8. The number of rotatable bonds is 15. The Kier molecular flexibility index (Phi) is 11.7. The number of nitrogens with zero attached hydrogens (tertiary/aromatic N) is 1. The third-order valence-electron chi connectivity index (χ3n) is 7.03. The van der Waals surface area contributed by atoms with Gasteiger partial charge in [-0.05, 0) is 43.1 Å². The normalized spacial score (nSPS) is 15.9. The van der Waals surface area contributed by atoms with Gasteiger partial charge in [0.05, 0.1) is 13.0 Å². The number of thiazole rings is 1. The Labute approximate surface area is 240 Å². The largest absolute Gasteiger partial charge is 0.469 e. The van der Waals surface area contributed by atoms with Crippen LogP contribution in [0.4, 0.5) is 0 Å². The molecule has 0 aliphatic heterocycles. The van der Waals surface area contributed by atoms with Crippen molar-refractivity contribution in [2.45, 2.75) is 84.4 Å². The van der Waals surface area contributed by atoms with Gasteiger partial charge in [0.15, 0.2) is 6.10 Å². The smallest absolute Gasteiger partial charge is 0.308 e. The van der Waals surface area contributed by atoms with E-state index in [1.54, 1.807) is 12.3 Å². The average Bonchev–Trinajstić information content (AvgIpc) is 3.57. The number of nitrogens with one attached hydrogen (secondary N) is 2. The van der Waals surface area contributed by atoms with Gasteiger partial charge in [0.2, 0.25) is 5.91 Å². The van der Waals surface area contributed by atoms with Gasteiger partial charge in [-0.2, -0.15) is 0 Å². The molecular weight excluding hydrogens is 530 g/mol. The van der Waals surface area contributed by atoms with Gasteiger partial charge in [-0.15, -0.1) is 11.3 Å². The second-order valence-electron chi connectivity index (χ2n) is 11.0. The summed E-state index contributed by atoms with van der Waals surface area (Å²) in [7, 11) is 1.35. The van der Waals surface area contributed by atoms with Gasteiger partial charge < -0.3 is 20.1 Å². The fourth-order valence-electron chi connectivity index (χ4n) is 4.59. The van der Waals surface area contributed by atoms with Crippen molar-refractivity contribution in [2.75, 3.05) is 7.11 Å². The molecule has 3 rings (SSSR count). The van der Waals surface area contributed by atoms with Gasteiger partial charge in [-0.1, -0.05) is 51.1 Å². The van der Waals surface area contributed by atoms with Crippen LogP contribution in [0.1, 0.15) is 87.0 Å². The molecule has 1 aromatic carbocycles. The van der Waals surface area contributed by atoms with Crippen molar-refractivity contribution in [1.82, 2.24) is 15.6 Å². The second-order valence-corrected chi connectivity index (χ2v) is 11.9. The van der Waals surface area contributed by atoms with E-state index in [0.29, 0.717) is 36.6 Å². The fraction of sp³-hybridized carbons (Fsp3) is 0.567. The van der Waals surface area contributed by atoms with E-state index in [0.717, 1.165) is 18.4 Å². The zero-order chi connectivity index (χ0) is 29.2. The standard InChI is InChI=1S/C30H41N3O6S/c1-18(2)24(32-27(35)15-22-11-12-22)16-26(39-20(4)34)29-33-25(17-40-29)28(36)31-23(13-19(3)30(37)38-5)14-21-9-7-6-8-10-21/h6-10,17-19,22-24,26H,11-16H2,1-5H3,(H,31,36)(H,32,35)/t19-,23?,24?,26?/m0/s1. The lowest BCUT2D eigenvalue weighted by molar-refractivity contribution is -0.147. The molecule has 218 valence electrons. The Bertz CT molecular complexity index is 1150. The summed E-state index contributed by atoms with van der Waals surface area (Å²) in [6.07, 6.45) is 3.30. The Morgan fingerprint density at radius 2 is 1.75 bits per heavy atom. The van der Waals surface area contributed by atoms with Crippen LogP contribution in [-0.2, 0) is 30.3 Å². The lowest BCUT2D eigenvalue weighted by Gasteiger charge is -2.26. The highest BCUT2D eigenvalue weighted by molar-refractivity contribution is 7.09. The first-order chi connectivity index (χ1) is 19.0. The minimum atomic E-state index is -0.697. The Morgan fingerprint density at radius 1 is 1.05 bits per heavy atom. The van der Waals surface area contributed by atoms with E-state index < -0.39 is 18.0 Å². The lowest BCUT2D eigenvalue weighted by atomic mass is 9.96. The molecule has 1 aliphatic carbocycles. The molecule has 10 heteroatoms. The van der Waals surface area contributed by atoms with Crippen molar-refractivity contribution in [3.63, 3.8) is 0 Å². The highest BCUT2D eigenvalue weighted by Gasteiger charge is 2.30. The summed E-state index contributed by atoms with van der Waals surface area (Å²) in [5.74, 6) is -0.985. The predicted octanol–water partition coefficient (Wildman–Crippen LogP) is 4.62. The third kappa shape index (κ3) is 10.0. The van der Waals surface area contributed by atoms with Crippen LogP contribution in [0.15, 0.2) is 35.7 Å². The van der Waals surface area contributed by atoms with Crippen molar-refractivity contribution < 1.29 is 28.7 Å². The van der Waals surface area contributed by atoms with Crippen LogP contribution in [0.2, 0.25) is 0 Å². The predicted molar refractivity (Wildman–Crippen MR) is 153 cm³/mol. The first-order valence-corrected chi connectivity index (χ1v) is 14.8. The summed E-state index contributed by atoms with van der Waals surface area (Å²) in [6, 6.07) is 9.18. The van der Waals surface area contributed by atoms with Crippen molar-refractivity contribution in [3.05, 3.63) is 52.0 Å². The molecule has 1 aromatic heterocycles. The van der Waals surface area contributed by atoms with Crippen molar-refractivity contribution in [2.24, 2.45) is 17.8 Å². The van der Waals surface area contributed by atoms with Crippen LogP contribution in [0.25, 0.3) is 0 Å². The van der Waals surface area contributed by atoms with Crippen molar-refractivity contribution >= 4 is 35.1 Å². The summed E-state index contributed by atoms with van der Waals surface area (Å²) in [5, 5.41) is 8.26. The SMILES string of the molecule is COC(=O)[C@@H](C)CC(Cc1ccccc1)NC(=O)c1csc(C(CC(NC(=O)CC2CC2)C(C)C)OC(C)=O)n1. The van der Waals surface area contributed by atoms with E-state index in [1.807, 2.05) is 44.2 Å². The van der Waals surface area contributed by atoms with Gasteiger partial charge in [0, 0.05) is 37.2 Å². The monoisotopic (exact) mass is 571 g/mol. The van der Waals surface area contributed by atoms with Crippen LogP contribution in [0.3, 0.4) is 0 Å². The lowest BCUT2D eigenvalue weighted by Crippen LogP contribution is -2.40. The van der Waals surface area contributed by atoms with Crippen LogP contribution < -0.4 is 10.6 Å². The van der Waals surface area contributed by atoms with Gasteiger partial charge >= 0.3 is 11.9 Å². The number of amides is 2. The zero-order valence-electron chi connectivity index (χ0n) is 24.0. The molecular formula is C30H41N3O6S. The van der Waals surface area contributed by atoms with E-state index in [4.69, 9.17) is 9.47 Å². The molecule has 0 spiro atoms. The van der Waals surface area contributed by atoms with Gasteiger partial charge in [-0.3, -0.25) is 19.2 Å². The van der Waals surface area contributed by atoms with Crippen molar-refractivity contribution in [1.29, 1.82) is 0 Å². The molecule has 2 amide bonds. The summed E-state index contributed by atoms with van der Waals surface area (Å²) in [5.41, 5.74) is 1.24. The first-order valence-electron chi connectivity index (χ1n) is 13.9. The topological polar surface area (TPSA) is 124 Å². The van der Waals surface area contributed by atoms with E-state index in [2.05, 4.69) is 15.6 Å². The third-order valence-corrected chi connectivity index (χ3v) is 7.97. The molecule has 3 unspecified atom stereocenters. The minimum Gasteiger partial charge on any atom is -0.469 e. The summed E-state index contributed by atoms with van der Waals surface area (Å²) >= 11 is 1.24. The van der Waals surface area contributed by atoms with Crippen molar-refractivity contribution in [3.8, 4) is 0 Å². The van der Waals surface area contributed by atoms with Crippen LogP contribution in [0, 0.1) is 17.8 Å². The molecule has 1 heterocycles. The highest BCUT2D eigenvalue weighted by atomic mass is 32.1. The number of methoxy groups -OCH3 is 1. The molecule has 0 bridgehead atoms. The van der Waals surface area contributed by atoms with E-state index in [9.17, 15) is 19.2 Å². The molecule has 0 radical (unpaired) electrons. The quantitative estimate of drug-likeness (QED) is 0.299. The van der Waals surface area contributed by atoms with Gasteiger partial charge in [-0.25, -0.2) is 4.98 Å². The number of carbonyl (C=O) groups is 4. The molecule has 1 aliphatic rings. The van der Waals surface area contributed by atoms with Gasteiger partial charge in [0.25, 0.3) is 5.91 Å². The molecule has 2 N–H and O–H groups in total. The fourth-order valence-corrected chi connectivity index (χ4v) is 5.43. The highest BCUT2D eigenvalue weighted by Crippen LogP contribution is 2.33. The number of benzene rings is 1. The average molecular weight is 572 g/mol. The molecule has 1 fully saturated rings. The number of carbonyl (C=O) groups excluding carboxylic acids is 4. The van der Waals surface area contributed by atoms with Crippen LogP contribution >= 0.6 is 11.3 Å².